The first-order valence-corrected chi connectivity index (χ1v) is 9.15. The van der Waals surface area contributed by atoms with Gasteiger partial charge in [0, 0.05) is 18.2 Å². The molecule has 0 bridgehead atoms. The largest absolute Gasteiger partial charge is 0.339 e. The maximum atomic E-state index is 12.3. The fraction of sp³-hybridized carbons (Fsp3) is 0.471. The molecule has 0 N–H and O–H groups in total. The Hall–Kier alpha value is -1.82. The van der Waals surface area contributed by atoms with Crippen LogP contribution in [0.2, 0.25) is 0 Å². The lowest BCUT2D eigenvalue weighted by molar-refractivity contribution is -0.131. The topological polar surface area (TPSA) is 59.2 Å². The molecule has 1 aliphatic rings. The molecule has 2 heterocycles. The third-order valence-electron chi connectivity index (χ3n) is 4.07. The number of aromatic nitrogens is 2. The zero-order chi connectivity index (χ0) is 16.1. The Morgan fingerprint density at radius 2 is 2.17 bits per heavy atom. The van der Waals surface area contributed by atoms with E-state index < -0.39 is 0 Å². The van der Waals surface area contributed by atoms with Gasteiger partial charge < -0.3 is 9.42 Å². The van der Waals surface area contributed by atoms with E-state index in [2.05, 4.69) is 17.1 Å². The van der Waals surface area contributed by atoms with Crippen molar-refractivity contribution >= 4 is 17.7 Å². The molecule has 0 radical (unpaired) electrons. The van der Waals surface area contributed by atoms with Gasteiger partial charge in [0.05, 0.1) is 11.5 Å². The number of carbonyl (C=O) groups is 1. The highest BCUT2D eigenvalue weighted by Gasteiger charge is 2.22. The van der Waals surface area contributed by atoms with Crippen molar-refractivity contribution in [1.82, 2.24) is 15.0 Å². The second kappa shape index (κ2) is 7.64. The van der Waals surface area contributed by atoms with E-state index >= 15 is 0 Å². The van der Waals surface area contributed by atoms with Crippen LogP contribution in [0.25, 0.3) is 11.4 Å². The van der Waals surface area contributed by atoms with Crippen molar-refractivity contribution in [3.8, 4) is 11.4 Å². The maximum Gasteiger partial charge on any atom is 0.236 e. The van der Waals surface area contributed by atoms with Gasteiger partial charge in [0.1, 0.15) is 0 Å². The lowest BCUT2D eigenvalue weighted by Gasteiger charge is -2.33. The summed E-state index contributed by atoms with van der Waals surface area (Å²) in [7, 11) is 0. The number of carbonyl (C=O) groups excluding carboxylic acids is 1. The van der Waals surface area contributed by atoms with E-state index in [1.54, 1.807) is 0 Å². The van der Waals surface area contributed by atoms with Crippen LogP contribution in [0.1, 0.15) is 32.1 Å². The van der Waals surface area contributed by atoms with Gasteiger partial charge in [-0.3, -0.25) is 4.79 Å². The van der Waals surface area contributed by atoms with Crippen LogP contribution in [-0.2, 0) is 10.5 Å². The number of thioether (sulfide) groups is 1. The van der Waals surface area contributed by atoms with E-state index in [0.717, 1.165) is 24.9 Å². The van der Waals surface area contributed by atoms with Crippen molar-refractivity contribution in [2.24, 2.45) is 0 Å². The molecule has 3 rings (SSSR count). The Morgan fingerprint density at radius 3 is 2.96 bits per heavy atom. The number of nitrogens with zero attached hydrogens (tertiary/aromatic N) is 3. The average molecular weight is 331 g/mol. The summed E-state index contributed by atoms with van der Waals surface area (Å²) in [4.78, 5) is 18.6. The van der Waals surface area contributed by atoms with Gasteiger partial charge in [-0.1, -0.05) is 35.5 Å². The van der Waals surface area contributed by atoms with Crippen LogP contribution in [0.5, 0.6) is 0 Å². The molecular formula is C17H21N3O2S. The molecule has 6 heteroatoms. The van der Waals surface area contributed by atoms with Crippen LogP contribution in [0.3, 0.4) is 0 Å². The molecule has 5 nitrogen and oxygen atoms in total. The van der Waals surface area contributed by atoms with Gasteiger partial charge in [0.25, 0.3) is 0 Å². The fourth-order valence-electron chi connectivity index (χ4n) is 2.80. The summed E-state index contributed by atoms with van der Waals surface area (Å²) in [6.07, 6.45) is 3.45. The monoisotopic (exact) mass is 331 g/mol. The third-order valence-corrected chi connectivity index (χ3v) is 4.98. The van der Waals surface area contributed by atoms with Gasteiger partial charge >= 0.3 is 0 Å². The van der Waals surface area contributed by atoms with E-state index in [-0.39, 0.29) is 5.91 Å². The molecule has 23 heavy (non-hydrogen) atoms. The van der Waals surface area contributed by atoms with E-state index in [1.807, 2.05) is 35.2 Å². The highest BCUT2D eigenvalue weighted by atomic mass is 32.2. The highest BCUT2D eigenvalue weighted by molar-refractivity contribution is 7.99. The predicted molar refractivity (Wildman–Crippen MR) is 90.9 cm³/mol. The van der Waals surface area contributed by atoms with E-state index in [4.69, 9.17) is 4.52 Å². The molecule has 1 unspecified atom stereocenters. The zero-order valence-electron chi connectivity index (χ0n) is 13.3. The Balaban J connectivity index is 1.49. The Kier molecular flexibility index (Phi) is 5.33. The first-order chi connectivity index (χ1) is 11.2. The van der Waals surface area contributed by atoms with Gasteiger partial charge in [-0.05, 0) is 26.2 Å². The SMILES string of the molecule is CC1CCCCN1C(=O)CSCc1nc(-c2ccccc2)no1. The summed E-state index contributed by atoms with van der Waals surface area (Å²) >= 11 is 1.53. The first kappa shape index (κ1) is 16.1. The number of rotatable bonds is 5. The lowest BCUT2D eigenvalue weighted by atomic mass is 10.0. The van der Waals surface area contributed by atoms with E-state index in [0.29, 0.717) is 29.3 Å². The lowest BCUT2D eigenvalue weighted by Crippen LogP contribution is -2.42. The van der Waals surface area contributed by atoms with Crippen molar-refractivity contribution in [2.45, 2.75) is 38.0 Å². The molecule has 1 saturated heterocycles. The van der Waals surface area contributed by atoms with Crippen LogP contribution >= 0.6 is 11.8 Å². The predicted octanol–water partition coefficient (Wildman–Crippen LogP) is 3.37. The molecule has 1 amide bonds. The minimum absolute atomic E-state index is 0.213. The fourth-order valence-corrected chi connectivity index (χ4v) is 3.53. The van der Waals surface area contributed by atoms with Gasteiger partial charge in [0.2, 0.25) is 17.6 Å². The van der Waals surface area contributed by atoms with Crippen molar-refractivity contribution in [2.75, 3.05) is 12.3 Å². The molecule has 0 spiro atoms. The second-order valence-electron chi connectivity index (χ2n) is 5.80. The third kappa shape index (κ3) is 4.13. The summed E-state index contributed by atoms with van der Waals surface area (Å²) in [6.45, 7) is 3.02. The number of hydrogen-bond acceptors (Lipinski definition) is 5. The zero-order valence-corrected chi connectivity index (χ0v) is 14.1. The standard InChI is InChI=1S/C17H21N3O2S/c1-13-7-5-6-10-20(13)16(21)12-23-11-15-18-17(19-22-15)14-8-3-2-4-9-14/h2-4,8-9,13H,5-7,10-12H2,1H3. The number of benzene rings is 1. The normalized spacial score (nSPS) is 18.1. The summed E-state index contributed by atoms with van der Waals surface area (Å²) < 4.78 is 5.26. The summed E-state index contributed by atoms with van der Waals surface area (Å²) in [5.74, 6) is 2.40. The molecule has 0 saturated carbocycles. The molecule has 122 valence electrons. The van der Waals surface area contributed by atoms with Crippen molar-refractivity contribution < 1.29 is 9.32 Å². The van der Waals surface area contributed by atoms with Gasteiger partial charge in [-0.15, -0.1) is 11.8 Å². The molecule has 1 aromatic carbocycles. The summed E-state index contributed by atoms with van der Waals surface area (Å²) in [5.41, 5.74) is 0.936. The Bertz CT molecular complexity index is 644. The number of likely N-dealkylation sites (tertiary alicyclic amines) is 1. The average Bonchev–Trinajstić information content (AvgIpc) is 3.05. The smallest absolute Gasteiger partial charge is 0.236 e. The molecule has 1 atom stereocenters. The van der Waals surface area contributed by atoms with E-state index in [9.17, 15) is 4.79 Å². The molecule has 1 aromatic heterocycles. The number of hydrogen-bond donors (Lipinski definition) is 0. The molecule has 1 fully saturated rings. The van der Waals surface area contributed by atoms with Gasteiger partial charge in [-0.25, -0.2) is 0 Å². The molecule has 0 aliphatic carbocycles. The second-order valence-corrected chi connectivity index (χ2v) is 6.79. The first-order valence-electron chi connectivity index (χ1n) is 7.99. The van der Waals surface area contributed by atoms with Crippen molar-refractivity contribution in [3.63, 3.8) is 0 Å². The van der Waals surface area contributed by atoms with Gasteiger partial charge in [-0.2, -0.15) is 4.98 Å². The van der Waals surface area contributed by atoms with Crippen LogP contribution in [0.4, 0.5) is 0 Å². The molecule has 2 aromatic rings. The number of amides is 1. The summed E-state index contributed by atoms with van der Waals surface area (Å²) in [5, 5.41) is 3.99. The van der Waals surface area contributed by atoms with Crippen LogP contribution in [0, 0.1) is 0 Å². The molecular weight excluding hydrogens is 310 g/mol. The number of piperidine rings is 1. The van der Waals surface area contributed by atoms with Crippen molar-refractivity contribution in [3.05, 3.63) is 36.2 Å². The Labute approximate surface area is 140 Å². The van der Waals surface area contributed by atoms with Crippen LogP contribution in [0.15, 0.2) is 34.9 Å². The van der Waals surface area contributed by atoms with Crippen LogP contribution in [-0.4, -0.2) is 39.3 Å². The summed E-state index contributed by atoms with van der Waals surface area (Å²) in [6, 6.07) is 10.1. The van der Waals surface area contributed by atoms with E-state index in [1.165, 1.54) is 18.2 Å². The van der Waals surface area contributed by atoms with Crippen LogP contribution < -0.4 is 0 Å². The van der Waals surface area contributed by atoms with Crippen molar-refractivity contribution in [1.29, 1.82) is 0 Å². The molecule has 1 aliphatic heterocycles. The maximum absolute atomic E-state index is 12.3. The Morgan fingerprint density at radius 1 is 1.35 bits per heavy atom. The highest BCUT2D eigenvalue weighted by Crippen LogP contribution is 2.20. The minimum atomic E-state index is 0.213. The van der Waals surface area contributed by atoms with Gasteiger partial charge in [0.15, 0.2) is 0 Å². The minimum Gasteiger partial charge on any atom is -0.339 e. The quantitative estimate of drug-likeness (QED) is 0.840.